The summed E-state index contributed by atoms with van der Waals surface area (Å²) in [5, 5.41) is 43.3. The number of aliphatic hydroxyl groups is 3. The van der Waals surface area contributed by atoms with Gasteiger partial charge in [0.1, 0.15) is 22.5 Å². The molecule has 0 bridgehead atoms. The van der Waals surface area contributed by atoms with Crippen LogP contribution in [0.4, 0.5) is 0 Å². The summed E-state index contributed by atoms with van der Waals surface area (Å²) in [6.45, 7) is 12.2. The number of hydrogen-bond donors (Lipinski definition) is 4. The summed E-state index contributed by atoms with van der Waals surface area (Å²) >= 11 is 6.04. The summed E-state index contributed by atoms with van der Waals surface area (Å²) in [5.41, 5.74) is 2.99. The van der Waals surface area contributed by atoms with Gasteiger partial charge in [0.15, 0.2) is 11.7 Å². The van der Waals surface area contributed by atoms with Gasteiger partial charge in [-0.2, -0.15) is 5.26 Å². The van der Waals surface area contributed by atoms with Crippen molar-refractivity contribution in [3.05, 3.63) is 63.5 Å². The molecule has 1 aromatic carbocycles. The highest BCUT2D eigenvalue weighted by Crippen LogP contribution is 2.76. The van der Waals surface area contributed by atoms with E-state index in [0.29, 0.717) is 33.9 Å². The summed E-state index contributed by atoms with van der Waals surface area (Å²) in [6.07, 6.45) is 4.00. The van der Waals surface area contributed by atoms with E-state index in [1.807, 2.05) is 32.9 Å². The Bertz CT molecular complexity index is 1860. The lowest BCUT2D eigenvalue weighted by Gasteiger charge is -2.50. The lowest BCUT2D eigenvalue weighted by Crippen LogP contribution is -2.61. The second-order valence-corrected chi connectivity index (χ2v) is 15.5. The number of rotatable bonds is 7. The molecule has 1 aliphatic heterocycles. The first-order valence-corrected chi connectivity index (χ1v) is 18.1. The summed E-state index contributed by atoms with van der Waals surface area (Å²) < 4.78 is 21.3. The number of nitrogens with two attached hydrogens (primary N) is 1. The van der Waals surface area contributed by atoms with Crippen molar-refractivity contribution in [2.24, 2.45) is 40.7 Å². The number of benzene rings is 1. The van der Waals surface area contributed by atoms with Crippen LogP contribution < -0.4 is 10.5 Å². The van der Waals surface area contributed by atoms with E-state index in [-0.39, 0.29) is 66.7 Å². The number of nitrogens with zero attached hydrogens (tertiary/aromatic N) is 1. The van der Waals surface area contributed by atoms with Crippen LogP contribution in [0.5, 0.6) is 5.75 Å². The first-order valence-electron chi connectivity index (χ1n) is 17.7. The standard InChI is InChI=1S/C22H30O6.C17H17ClN2O5/c1-11-6-16-20(26,18(11)25)9-14(10-23)7-15-17-19(4,5)21(17,28-13(3)24)8-12(2)22(15,16)27;1-3-23-16(21)11(8-19)13-10-7-9(18)5-6-12(10)25-15(20)14(13)17(22)24-4-2/h6-7,12,15-17,23,26-27H,8-10H2,1-5H3;5-7,11,13H,3-4,20H2,1-2H3/t12-,15+,16-,17-,20-,21+,22-;/m1./s1. The second-order valence-electron chi connectivity index (χ2n) is 15.1. The molecule has 2 fully saturated rings. The maximum Gasteiger partial charge on any atom is 0.340 e. The number of halogens is 1. The lowest BCUT2D eigenvalue weighted by atomic mass is 9.60. The van der Waals surface area contributed by atoms with Crippen molar-refractivity contribution < 1.29 is 53.4 Å². The molecule has 0 spiro atoms. The van der Waals surface area contributed by atoms with Gasteiger partial charge in [-0.05, 0) is 62.5 Å². The highest BCUT2D eigenvalue weighted by atomic mass is 35.5. The number of esters is 3. The Kier molecular flexibility index (Phi) is 10.7. The molecule has 1 aromatic rings. The van der Waals surface area contributed by atoms with E-state index in [0.717, 1.165) is 0 Å². The van der Waals surface area contributed by atoms with Gasteiger partial charge in [0.2, 0.25) is 5.88 Å². The van der Waals surface area contributed by atoms with Crippen molar-refractivity contribution in [3.8, 4) is 11.8 Å². The highest BCUT2D eigenvalue weighted by Gasteiger charge is 2.83. The predicted molar refractivity (Wildman–Crippen MR) is 189 cm³/mol. The van der Waals surface area contributed by atoms with Crippen LogP contribution in [0.3, 0.4) is 0 Å². The average Bonchev–Trinajstić information content (AvgIpc) is 3.48. The molecule has 2 unspecified atom stereocenters. The third kappa shape index (κ3) is 6.23. The van der Waals surface area contributed by atoms with Crippen LogP contribution in [0.2, 0.25) is 5.02 Å². The number of ketones is 1. The van der Waals surface area contributed by atoms with Gasteiger partial charge in [-0.3, -0.25) is 14.4 Å². The number of hydrogen-bond acceptors (Lipinski definition) is 13. The fourth-order valence-corrected chi connectivity index (χ4v) is 9.65. The molecular weight excluding hydrogens is 708 g/mol. The largest absolute Gasteiger partial charge is 0.465 e. The van der Waals surface area contributed by atoms with E-state index < -0.39 is 52.4 Å². The van der Waals surface area contributed by atoms with Crippen molar-refractivity contribution in [3.63, 3.8) is 0 Å². The number of fused-ring (bicyclic) bond motifs is 6. The molecule has 53 heavy (non-hydrogen) atoms. The Morgan fingerprint density at radius 1 is 1.15 bits per heavy atom. The van der Waals surface area contributed by atoms with Crippen LogP contribution in [0, 0.1) is 46.3 Å². The highest BCUT2D eigenvalue weighted by molar-refractivity contribution is 6.30. The Balaban J connectivity index is 0.000000206. The third-order valence-corrected chi connectivity index (χ3v) is 12.0. The predicted octanol–water partition coefficient (Wildman–Crippen LogP) is 3.78. The van der Waals surface area contributed by atoms with Gasteiger partial charge in [-0.15, -0.1) is 0 Å². The fraction of sp³-hybridized carbons (Fsp3) is 0.564. The Morgan fingerprint density at radius 2 is 1.81 bits per heavy atom. The fourth-order valence-electron chi connectivity index (χ4n) is 9.47. The van der Waals surface area contributed by atoms with Crippen molar-refractivity contribution >= 4 is 35.3 Å². The molecule has 1 heterocycles. The Labute approximate surface area is 313 Å². The summed E-state index contributed by atoms with van der Waals surface area (Å²) in [6, 6.07) is 6.55. The normalized spacial score (nSPS) is 33.6. The molecule has 5 N–H and O–H groups in total. The molecular formula is C39H47ClN2O11. The summed E-state index contributed by atoms with van der Waals surface area (Å²) in [5.74, 6) is -6.17. The zero-order chi connectivity index (χ0) is 39.4. The molecule has 9 atom stereocenters. The molecule has 5 aliphatic rings. The number of Topliss-reactive ketones (excluding diaryl/α,β-unsaturated/α-hetero) is 1. The van der Waals surface area contributed by atoms with E-state index >= 15 is 0 Å². The van der Waals surface area contributed by atoms with E-state index in [1.165, 1.54) is 13.0 Å². The summed E-state index contributed by atoms with van der Waals surface area (Å²) in [4.78, 5) is 49.3. The quantitative estimate of drug-likeness (QED) is 0.177. The minimum absolute atomic E-state index is 0.0000834. The zero-order valence-corrected chi connectivity index (χ0v) is 31.7. The monoisotopic (exact) mass is 754 g/mol. The number of carbonyl (C=O) groups excluding carboxylic acids is 4. The topological polar surface area (TPSA) is 216 Å². The smallest absolute Gasteiger partial charge is 0.340 e. The Morgan fingerprint density at radius 3 is 2.40 bits per heavy atom. The van der Waals surface area contributed by atoms with Crippen molar-refractivity contribution in [2.75, 3.05) is 19.8 Å². The number of carbonyl (C=O) groups is 4. The lowest BCUT2D eigenvalue weighted by molar-refractivity contribution is -0.186. The molecule has 6 rings (SSSR count). The molecule has 0 saturated heterocycles. The molecule has 14 heteroatoms. The van der Waals surface area contributed by atoms with E-state index in [2.05, 4.69) is 0 Å². The number of nitriles is 1. The molecule has 4 aliphatic carbocycles. The minimum atomic E-state index is -1.75. The van der Waals surface area contributed by atoms with Gasteiger partial charge in [-0.25, -0.2) is 4.79 Å². The van der Waals surface area contributed by atoms with Gasteiger partial charge in [0, 0.05) is 47.1 Å². The van der Waals surface area contributed by atoms with Crippen LogP contribution in [0.15, 0.2) is 53.0 Å². The Hall–Kier alpha value is -4.22. The van der Waals surface area contributed by atoms with Crippen LogP contribution in [-0.2, 0) is 33.4 Å². The number of aliphatic hydroxyl groups excluding tert-OH is 1. The molecule has 13 nitrogen and oxygen atoms in total. The van der Waals surface area contributed by atoms with Crippen molar-refractivity contribution in [1.29, 1.82) is 5.26 Å². The first-order chi connectivity index (χ1) is 24.8. The van der Waals surface area contributed by atoms with Crippen LogP contribution in [0.1, 0.15) is 72.8 Å². The SMILES string of the molecule is CC(=O)O[C@@]12C[C@@H](C)[C@@]3(O)[C@@H](C=C(CO)C[C@]4(O)C(=O)C(C)=C[C@@H]34)[C@@H]1C2(C)C.CCOC(=O)C1=C(N)Oc2ccc(Cl)cc2C1C(C#N)C(=O)OCC. The van der Waals surface area contributed by atoms with Crippen LogP contribution in [-0.4, -0.2) is 75.6 Å². The second kappa shape index (κ2) is 14.2. The molecule has 0 aromatic heterocycles. The van der Waals surface area contributed by atoms with Gasteiger partial charge >= 0.3 is 17.9 Å². The molecule has 286 valence electrons. The number of ether oxygens (including phenoxy) is 4. The third-order valence-electron chi connectivity index (χ3n) is 11.8. The maximum atomic E-state index is 12.8. The molecule has 0 radical (unpaired) electrons. The first kappa shape index (κ1) is 40.0. The molecule has 0 amide bonds. The van der Waals surface area contributed by atoms with Gasteiger partial charge in [0.25, 0.3) is 0 Å². The zero-order valence-electron chi connectivity index (χ0n) is 30.9. The average molecular weight is 755 g/mol. The van der Waals surface area contributed by atoms with E-state index in [9.17, 15) is 39.8 Å². The minimum Gasteiger partial charge on any atom is -0.465 e. The van der Waals surface area contributed by atoms with Gasteiger partial charge in [0.05, 0.1) is 37.4 Å². The molecule has 2 saturated carbocycles. The van der Waals surface area contributed by atoms with E-state index in [4.69, 9.17) is 36.3 Å². The summed E-state index contributed by atoms with van der Waals surface area (Å²) in [7, 11) is 0. The van der Waals surface area contributed by atoms with E-state index in [1.54, 1.807) is 39.0 Å². The van der Waals surface area contributed by atoms with Gasteiger partial charge < -0.3 is 40.0 Å². The van der Waals surface area contributed by atoms with Crippen molar-refractivity contribution in [1.82, 2.24) is 0 Å². The van der Waals surface area contributed by atoms with Crippen LogP contribution in [0.25, 0.3) is 0 Å². The van der Waals surface area contributed by atoms with Crippen LogP contribution >= 0.6 is 11.6 Å². The van der Waals surface area contributed by atoms with Gasteiger partial charge in [-0.1, -0.05) is 44.5 Å². The van der Waals surface area contributed by atoms with Crippen molar-refractivity contribution in [2.45, 2.75) is 84.0 Å². The maximum absolute atomic E-state index is 12.8.